The van der Waals surface area contributed by atoms with Gasteiger partial charge in [0.25, 0.3) is 0 Å². The van der Waals surface area contributed by atoms with Gasteiger partial charge in [0.2, 0.25) is 0 Å². The van der Waals surface area contributed by atoms with Crippen molar-refractivity contribution >= 4 is 34.7 Å². The molecule has 1 atom stereocenters. The molecule has 3 heterocycles. The van der Waals surface area contributed by atoms with Crippen LogP contribution in [0.3, 0.4) is 0 Å². The Hall–Kier alpha value is -1.93. The molecular formula is C18H20Cl2N6O. The number of anilines is 1. The Kier molecular flexibility index (Phi) is 5.19. The van der Waals surface area contributed by atoms with Crippen LogP contribution in [-0.4, -0.2) is 68.6 Å². The van der Waals surface area contributed by atoms with Crippen LogP contribution in [-0.2, 0) is 0 Å². The molecule has 27 heavy (non-hydrogen) atoms. The van der Waals surface area contributed by atoms with E-state index in [-0.39, 0.29) is 6.10 Å². The van der Waals surface area contributed by atoms with Gasteiger partial charge in [-0.05, 0) is 37.3 Å². The highest BCUT2D eigenvalue weighted by atomic mass is 35.5. The third kappa shape index (κ3) is 4.01. The summed E-state index contributed by atoms with van der Waals surface area (Å²) in [5, 5.41) is 23.8. The van der Waals surface area contributed by atoms with Crippen LogP contribution in [0.5, 0.6) is 0 Å². The number of piperazine rings is 1. The number of β-amino-alcohol motifs (C(OH)–C–C–N with tert-alkyl or cyclic N) is 1. The fraction of sp³-hybridized carbons (Fsp3) is 0.389. The molecule has 0 aliphatic carbocycles. The molecule has 0 unspecified atom stereocenters. The highest BCUT2D eigenvalue weighted by Crippen LogP contribution is 2.26. The van der Waals surface area contributed by atoms with Crippen LogP contribution in [0.1, 0.15) is 6.92 Å². The number of aliphatic hydroxyl groups excluding tert-OH is 1. The van der Waals surface area contributed by atoms with Crippen molar-refractivity contribution in [1.82, 2.24) is 24.7 Å². The zero-order valence-corrected chi connectivity index (χ0v) is 16.4. The van der Waals surface area contributed by atoms with E-state index in [2.05, 4.69) is 20.0 Å². The first-order chi connectivity index (χ1) is 13.0. The smallest absolute Gasteiger partial charge is 0.185 e. The molecule has 1 N–H and O–H groups in total. The summed E-state index contributed by atoms with van der Waals surface area (Å²) in [6.07, 6.45) is -0.310. The first-order valence-corrected chi connectivity index (χ1v) is 9.59. The molecule has 0 bridgehead atoms. The Morgan fingerprint density at radius 2 is 1.74 bits per heavy atom. The summed E-state index contributed by atoms with van der Waals surface area (Å²) in [6, 6.07) is 9.15. The molecule has 4 rings (SSSR count). The monoisotopic (exact) mass is 406 g/mol. The number of hydrogen-bond acceptors (Lipinski definition) is 6. The van der Waals surface area contributed by atoms with Crippen LogP contribution in [0.4, 0.5) is 5.82 Å². The molecule has 0 spiro atoms. The minimum atomic E-state index is -0.310. The number of nitrogens with zero attached hydrogens (tertiary/aromatic N) is 6. The molecule has 1 saturated heterocycles. The van der Waals surface area contributed by atoms with E-state index >= 15 is 0 Å². The van der Waals surface area contributed by atoms with Crippen molar-refractivity contribution in [2.75, 3.05) is 37.6 Å². The van der Waals surface area contributed by atoms with E-state index in [1.807, 2.05) is 19.1 Å². The Morgan fingerprint density at radius 1 is 1.04 bits per heavy atom. The minimum Gasteiger partial charge on any atom is -0.392 e. The topological polar surface area (TPSA) is 69.8 Å². The predicted molar refractivity (Wildman–Crippen MR) is 107 cm³/mol. The fourth-order valence-corrected chi connectivity index (χ4v) is 3.87. The highest BCUT2D eigenvalue weighted by Gasteiger charge is 2.20. The third-order valence-electron chi connectivity index (χ3n) is 4.59. The molecule has 7 nitrogen and oxygen atoms in total. The van der Waals surface area contributed by atoms with Crippen LogP contribution in [0.2, 0.25) is 10.0 Å². The number of benzene rings is 1. The van der Waals surface area contributed by atoms with Crippen molar-refractivity contribution in [2.45, 2.75) is 13.0 Å². The second kappa shape index (κ2) is 7.59. The first kappa shape index (κ1) is 18.4. The molecule has 2 aromatic heterocycles. The second-order valence-corrected chi connectivity index (χ2v) is 7.65. The number of aliphatic hydroxyl groups is 1. The molecule has 142 valence electrons. The van der Waals surface area contributed by atoms with Gasteiger partial charge in [-0.3, -0.25) is 4.90 Å². The van der Waals surface area contributed by atoms with Gasteiger partial charge in [0, 0.05) is 48.3 Å². The highest BCUT2D eigenvalue weighted by molar-refractivity contribution is 6.35. The van der Waals surface area contributed by atoms with Gasteiger partial charge in [-0.1, -0.05) is 23.2 Å². The molecule has 0 saturated carbocycles. The Bertz CT molecular complexity index is 932. The van der Waals surface area contributed by atoms with Gasteiger partial charge in [-0.25, -0.2) is 0 Å². The molecule has 1 fully saturated rings. The molecule has 3 aromatic rings. The van der Waals surface area contributed by atoms with Crippen molar-refractivity contribution in [3.63, 3.8) is 0 Å². The van der Waals surface area contributed by atoms with E-state index in [4.69, 9.17) is 28.3 Å². The predicted octanol–water partition coefficient (Wildman–Crippen LogP) is 2.60. The fourth-order valence-electron chi connectivity index (χ4n) is 3.34. The Balaban J connectivity index is 1.61. The maximum Gasteiger partial charge on any atom is 0.185 e. The van der Waals surface area contributed by atoms with E-state index in [1.165, 1.54) is 0 Å². The van der Waals surface area contributed by atoms with E-state index in [0.717, 1.165) is 37.6 Å². The average molecular weight is 407 g/mol. The van der Waals surface area contributed by atoms with Crippen LogP contribution in [0.25, 0.3) is 17.0 Å². The SMILES string of the molecule is C[C@@H](O)CN1CCN(c2ccc3nnc(-c4cc(Cl)cc(Cl)c4)n3n2)CC1. The van der Waals surface area contributed by atoms with Crippen LogP contribution >= 0.6 is 23.2 Å². The largest absolute Gasteiger partial charge is 0.392 e. The van der Waals surface area contributed by atoms with E-state index in [0.29, 0.717) is 28.1 Å². The van der Waals surface area contributed by atoms with Crippen molar-refractivity contribution in [3.8, 4) is 11.4 Å². The minimum absolute atomic E-state index is 0.310. The number of fused-ring (bicyclic) bond motifs is 1. The van der Waals surface area contributed by atoms with Gasteiger partial charge in [0.15, 0.2) is 11.5 Å². The van der Waals surface area contributed by atoms with Crippen molar-refractivity contribution in [1.29, 1.82) is 0 Å². The summed E-state index contributed by atoms with van der Waals surface area (Å²) < 4.78 is 1.72. The van der Waals surface area contributed by atoms with Gasteiger partial charge in [-0.2, -0.15) is 4.52 Å². The number of rotatable bonds is 4. The Labute approximate surface area is 167 Å². The summed E-state index contributed by atoms with van der Waals surface area (Å²) in [6.45, 7) is 6.01. The average Bonchev–Trinajstić information content (AvgIpc) is 3.04. The summed E-state index contributed by atoms with van der Waals surface area (Å²) in [5.74, 6) is 1.47. The third-order valence-corrected chi connectivity index (χ3v) is 5.02. The van der Waals surface area contributed by atoms with Gasteiger partial charge >= 0.3 is 0 Å². The Morgan fingerprint density at radius 3 is 2.41 bits per heavy atom. The standard InChI is InChI=1S/C18H20Cl2N6O/c1-12(27)11-24-4-6-25(7-5-24)17-3-2-16-21-22-18(26(16)23-17)13-8-14(19)10-15(20)9-13/h2-3,8-10,12,27H,4-7,11H2,1H3/t12-/m1/s1. The van der Waals surface area contributed by atoms with Crippen molar-refractivity contribution in [2.24, 2.45) is 0 Å². The van der Waals surface area contributed by atoms with E-state index in [9.17, 15) is 5.11 Å². The number of halogens is 2. The zero-order valence-electron chi connectivity index (χ0n) is 14.9. The lowest BCUT2D eigenvalue weighted by molar-refractivity contribution is 0.122. The first-order valence-electron chi connectivity index (χ1n) is 8.84. The summed E-state index contributed by atoms with van der Waals surface area (Å²) in [5.41, 5.74) is 1.43. The lowest BCUT2D eigenvalue weighted by atomic mass is 10.2. The van der Waals surface area contributed by atoms with Crippen LogP contribution < -0.4 is 4.90 Å². The number of aromatic nitrogens is 4. The van der Waals surface area contributed by atoms with Crippen molar-refractivity contribution in [3.05, 3.63) is 40.4 Å². The molecule has 1 aromatic carbocycles. The molecular weight excluding hydrogens is 387 g/mol. The second-order valence-electron chi connectivity index (χ2n) is 6.78. The summed E-state index contributed by atoms with van der Waals surface area (Å²) in [7, 11) is 0. The molecule has 0 radical (unpaired) electrons. The van der Waals surface area contributed by atoms with Crippen LogP contribution in [0, 0.1) is 0 Å². The maximum absolute atomic E-state index is 9.56. The van der Waals surface area contributed by atoms with Crippen LogP contribution in [0.15, 0.2) is 30.3 Å². The molecule has 0 amide bonds. The summed E-state index contributed by atoms with van der Waals surface area (Å²) >= 11 is 12.3. The number of hydrogen-bond donors (Lipinski definition) is 1. The van der Waals surface area contributed by atoms with Gasteiger partial charge < -0.3 is 10.0 Å². The van der Waals surface area contributed by atoms with Gasteiger partial charge in [0.1, 0.15) is 5.82 Å². The summed E-state index contributed by atoms with van der Waals surface area (Å²) in [4.78, 5) is 4.49. The maximum atomic E-state index is 9.56. The van der Waals surface area contributed by atoms with Crippen molar-refractivity contribution < 1.29 is 5.11 Å². The zero-order chi connectivity index (χ0) is 19.0. The van der Waals surface area contributed by atoms with Gasteiger partial charge in [0.05, 0.1) is 6.10 Å². The lowest BCUT2D eigenvalue weighted by Gasteiger charge is -2.35. The van der Waals surface area contributed by atoms with Gasteiger partial charge in [-0.15, -0.1) is 15.3 Å². The molecule has 1 aliphatic rings. The quantitative estimate of drug-likeness (QED) is 0.717. The van der Waals surface area contributed by atoms with E-state index < -0.39 is 0 Å². The van der Waals surface area contributed by atoms with E-state index in [1.54, 1.807) is 22.7 Å². The molecule has 1 aliphatic heterocycles. The lowest BCUT2D eigenvalue weighted by Crippen LogP contribution is -2.48. The molecule has 9 heteroatoms. The normalized spacial score (nSPS) is 16.8.